The SMILES string of the molecule is CCOc1cccc(NC(=O)c2ccccc2-c2ccc(C=O)o2)c1. The standard InChI is InChI=1S/C20H17NO4/c1-2-24-15-7-5-6-14(12-15)21-20(23)18-9-4-3-8-17(18)19-11-10-16(13-22)25-19/h3-13H,2H2,1H3,(H,21,23). The molecule has 1 amide bonds. The van der Waals surface area contributed by atoms with Gasteiger partial charge in [-0.15, -0.1) is 0 Å². The summed E-state index contributed by atoms with van der Waals surface area (Å²) in [4.78, 5) is 23.5. The zero-order valence-electron chi connectivity index (χ0n) is 13.7. The Labute approximate surface area is 145 Å². The number of ether oxygens (including phenoxy) is 1. The van der Waals surface area contributed by atoms with Crippen molar-refractivity contribution in [1.82, 2.24) is 0 Å². The largest absolute Gasteiger partial charge is 0.494 e. The van der Waals surface area contributed by atoms with Crippen molar-refractivity contribution in [2.24, 2.45) is 0 Å². The Balaban J connectivity index is 1.88. The Morgan fingerprint density at radius 1 is 1.12 bits per heavy atom. The molecular formula is C20H17NO4. The first-order chi connectivity index (χ1) is 12.2. The maximum atomic E-state index is 12.7. The summed E-state index contributed by atoms with van der Waals surface area (Å²) >= 11 is 0. The molecule has 0 atom stereocenters. The van der Waals surface area contributed by atoms with Crippen molar-refractivity contribution in [2.75, 3.05) is 11.9 Å². The molecule has 0 radical (unpaired) electrons. The molecule has 0 unspecified atom stereocenters. The van der Waals surface area contributed by atoms with Crippen molar-refractivity contribution in [3.05, 3.63) is 72.0 Å². The molecule has 3 aromatic rings. The second-order valence-corrected chi connectivity index (χ2v) is 5.28. The lowest BCUT2D eigenvalue weighted by Gasteiger charge is -2.10. The highest BCUT2D eigenvalue weighted by Gasteiger charge is 2.15. The molecule has 3 rings (SSSR count). The number of aldehydes is 1. The average molecular weight is 335 g/mol. The number of carbonyl (C=O) groups excluding carboxylic acids is 2. The van der Waals surface area contributed by atoms with Gasteiger partial charge >= 0.3 is 0 Å². The van der Waals surface area contributed by atoms with E-state index in [1.54, 1.807) is 42.5 Å². The first-order valence-corrected chi connectivity index (χ1v) is 7.90. The van der Waals surface area contributed by atoms with E-state index in [4.69, 9.17) is 9.15 Å². The van der Waals surface area contributed by atoms with Crippen LogP contribution in [0.25, 0.3) is 11.3 Å². The molecule has 0 saturated carbocycles. The monoisotopic (exact) mass is 335 g/mol. The molecule has 0 spiro atoms. The van der Waals surface area contributed by atoms with Gasteiger partial charge in [0, 0.05) is 17.3 Å². The maximum Gasteiger partial charge on any atom is 0.256 e. The molecule has 0 fully saturated rings. The minimum absolute atomic E-state index is 0.217. The van der Waals surface area contributed by atoms with Gasteiger partial charge in [0.1, 0.15) is 11.5 Å². The van der Waals surface area contributed by atoms with Crippen molar-refractivity contribution in [3.63, 3.8) is 0 Å². The van der Waals surface area contributed by atoms with Crippen LogP contribution in [-0.4, -0.2) is 18.8 Å². The summed E-state index contributed by atoms with van der Waals surface area (Å²) in [5, 5.41) is 2.86. The van der Waals surface area contributed by atoms with Gasteiger partial charge in [-0.2, -0.15) is 0 Å². The summed E-state index contributed by atoms with van der Waals surface area (Å²) in [5.74, 6) is 1.11. The van der Waals surface area contributed by atoms with Gasteiger partial charge in [-0.1, -0.05) is 24.3 Å². The van der Waals surface area contributed by atoms with Crippen LogP contribution < -0.4 is 10.1 Å². The summed E-state index contributed by atoms with van der Waals surface area (Å²) in [6, 6.07) is 17.5. The zero-order chi connectivity index (χ0) is 17.6. The Morgan fingerprint density at radius 2 is 1.96 bits per heavy atom. The van der Waals surface area contributed by atoms with Crippen molar-refractivity contribution < 1.29 is 18.7 Å². The predicted octanol–water partition coefficient (Wildman–Crippen LogP) is 4.41. The summed E-state index contributed by atoms with van der Waals surface area (Å²) in [6.07, 6.45) is 0.630. The number of furan rings is 1. The number of benzene rings is 2. The second-order valence-electron chi connectivity index (χ2n) is 5.28. The summed E-state index contributed by atoms with van der Waals surface area (Å²) in [7, 11) is 0. The van der Waals surface area contributed by atoms with E-state index in [0.29, 0.717) is 41.2 Å². The maximum absolute atomic E-state index is 12.7. The Bertz CT molecular complexity index is 898. The molecule has 0 saturated heterocycles. The predicted molar refractivity (Wildman–Crippen MR) is 95.1 cm³/mol. The Hall–Kier alpha value is -3.34. The molecule has 2 aromatic carbocycles. The Kier molecular flexibility index (Phi) is 4.95. The zero-order valence-corrected chi connectivity index (χ0v) is 13.7. The van der Waals surface area contributed by atoms with Gasteiger partial charge in [0.15, 0.2) is 12.0 Å². The third-order valence-corrected chi connectivity index (χ3v) is 3.58. The topological polar surface area (TPSA) is 68.5 Å². The fourth-order valence-corrected chi connectivity index (χ4v) is 2.49. The van der Waals surface area contributed by atoms with Crippen LogP contribution in [0, 0.1) is 0 Å². The van der Waals surface area contributed by atoms with Gasteiger partial charge in [-0.05, 0) is 37.3 Å². The van der Waals surface area contributed by atoms with Crippen molar-refractivity contribution in [1.29, 1.82) is 0 Å². The first kappa shape index (κ1) is 16.5. The van der Waals surface area contributed by atoms with Crippen LogP contribution in [0.2, 0.25) is 0 Å². The first-order valence-electron chi connectivity index (χ1n) is 7.90. The number of anilines is 1. The van der Waals surface area contributed by atoms with E-state index < -0.39 is 0 Å². The van der Waals surface area contributed by atoms with Crippen molar-refractivity contribution in [2.45, 2.75) is 6.92 Å². The van der Waals surface area contributed by atoms with Crippen LogP contribution in [0.1, 0.15) is 27.8 Å². The molecule has 1 aromatic heterocycles. The molecule has 25 heavy (non-hydrogen) atoms. The minimum atomic E-state index is -0.270. The van der Waals surface area contributed by atoms with E-state index >= 15 is 0 Å². The second kappa shape index (κ2) is 7.49. The van der Waals surface area contributed by atoms with Crippen molar-refractivity contribution >= 4 is 17.9 Å². The van der Waals surface area contributed by atoms with Gasteiger partial charge in [-0.25, -0.2) is 0 Å². The number of carbonyl (C=O) groups is 2. The molecule has 126 valence electrons. The highest BCUT2D eigenvalue weighted by atomic mass is 16.5. The molecule has 0 aliphatic heterocycles. The minimum Gasteiger partial charge on any atom is -0.494 e. The summed E-state index contributed by atoms with van der Waals surface area (Å²) in [6.45, 7) is 2.45. The summed E-state index contributed by atoms with van der Waals surface area (Å²) < 4.78 is 10.9. The lowest BCUT2D eigenvalue weighted by molar-refractivity contribution is 0.102. The van der Waals surface area contributed by atoms with Crippen LogP contribution in [0.4, 0.5) is 5.69 Å². The van der Waals surface area contributed by atoms with Crippen molar-refractivity contribution in [3.8, 4) is 17.1 Å². The normalized spacial score (nSPS) is 10.3. The third kappa shape index (κ3) is 3.77. The van der Waals surface area contributed by atoms with E-state index in [0.717, 1.165) is 0 Å². The fraction of sp³-hybridized carbons (Fsp3) is 0.100. The molecule has 1 heterocycles. The van der Waals surface area contributed by atoms with Crippen LogP contribution in [-0.2, 0) is 0 Å². The van der Waals surface area contributed by atoms with Gasteiger partial charge in [-0.3, -0.25) is 9.59 Å². The van der Waals surface area contributed by atoms with E-state index in [1.165, 1.54) is 0 Å². The number of hydrogen-bond donors (Lipinski definition) is 1. The highest BCUT2D eigenvalue weighted by molar-refractivity contribution is 6.08. The lowest BCUT2D eigenvalue weighted by atomic mass is 10.0. The van der Waals surface area contributed by atoms with Crippen LogP contribution in [0.3, 0.4) is 0 Å². The molecule has 5 nitrogen and oxygen atoms in total. The van der Waals surface area contributed by atoms with E-state index in [1.807, 2.05) is 25.1 Å². The number of amides is 1. The fourth-order valence-electron chi connectivity index (χ4n) is 2.49. The third-order valence-electron chi connectivity index (χ3n) is 3.58. The van der Waals surface area contributed by atoms with Crippen LogP contribution in [0.15, 0.2) is 65.1 Å². The molecule has 0 bridgehead atoms. The van der Waals surface area contributed by atoms with E-state index in [-0.39, 0.29) is 11.7 Å². The van der Waals surface area contributed by atoms with Crippen LogP contribution >= 0.6 is 0 Å². The quantitative estimate of drug-likeness (QED) is 0.678. The lowest BCUT2D eigenvalue weighted by Crippen LogP contribution is -2.13. The number of hydrogen-bond acceptors (Lipinski definition) is 4. The molecule has 5 heteroatoms. The van der Waals surface area contributed by atoms with Gasteiger partial charge in [0.25, 0.3) is 5.91 Å². The van der Waals surface area contributed by atoms with E-state index in [2.05, 4.69) is 5.32 Å². The molecule has 0 aliphatic rings. The number of rotatable bonds is 6. The van der Waals surface area contributed by atoms with Gasteiger partial charge in [0.05, 0.1) is 12.2 Å². The molecule has 0 aliphatic carbocycles. The smallest absolute Gasteiger partial charge is 0.256 e. The number of nitrogens with one attached hydrogen (secondary N) is 1. The van der Waals surface area contributed by atoms with Gasteiger partial charge < -0.3 is 14.5 Å². The molecular weight excluding hydrogens is 318 g/mol. The van der Waals surface area contributed by atoms with Gasteiger partial charge in [0.2, 0.25) is 0 Å². The van der Waals surface area contributed by atoms with E-state index in [9.17, 15) is 9.59 Å². The highest BCUT2D eigenvalue weighted by Crippen LogP contribution is 2.26. The Morgan fingerprint density at radius 3 is 2.72 bits per heavy atom. The average Bonchev–Trinajstić information content (AvgIpc) is 3.11. The van der Waals surface area contributed by atoms with Crippen LogP contribution in [0.5, 0.6) is 5.75 Å². The molecule has 1 N–H and O–H groups in total. The summed E-state index contributed by atoms with van der Waals surface area (Å²) in [5.41, 5.74) is 1.71.